The quantitative estimate of drug-likeness (QED) is 0.865. The van der Waals surface area contributed by atoms with E-state index in [1.54, 1.807) is 0 Å². The molecule has 1 atom stereocenters. The second-order valence-electron chi connectivity index (χ2n) is 5.42. The van der Waals surface area contributed by atoms with E-state index in [1.165, 1.54) is 5.56 Å². The fraction of sp³-hybridized carbons (Fsp3) is 0.353. The van der Waals surface area contributed by atoms with Gasteiger partial charge in [-0.3, -0.25) is 4.79 Å². The molecular formula is C17H20N2O2. The summed E-state index contributed by atoms with van der Waals surface area (Å²) in [7, 11) is 1.90. The number of aromatic nitrogens is 1. The van der Waals surface area contributed by atoms with E-state index in [0.717, 1.165) is 12.1 Å². The Labute approximate surface area is 124 Å². The van der Waals surface area contributed by atoms with Gasteiger partial charge in [0, 0.05) is 19.8 Å². The van der Waals surface area contributed by atoms with Crippen molar-refractivity contribution >= 4 is 5.91 Å². The summed E-state index contributed by atoms with van der Waals surface area (Å²) in [5.41, 5.74) is 1.97. The molecule has 0 saturated carbocycles. The Kier molecular flexibility index (Phi) is 4.06. The van der Waals surface area contributed by atoms with Crippen molar-refractivity contribution in [2.24, 2.45) is 7.05 Å². The Bertz CT molecular complexity index is 606. The number of benzene rings is 1. The lowest BCUT2D eigenvalue weighted by molar-refractivity contribution is -0.00213. The van der Waals surface area contributed by atoms with Crippen LogP contribution in [0.5, 0.6) is 0 Å². The predicted octanol–water partition coefficient (Wildman–Crippen LogP) is 2.11. The van der Waals surface area contributed by atoms with E-state index < -0.39 is 0 Å². The van der Waals surface area contributed by atoms with Gasteiger partial charge in [-0.1, -0.05) is 30.3 Å². The number of nitrogens with zero attached hydrogens (tertiary/aromatic N) is 2. The highest BCUT2D eigenvalue weighted by atomic mass is 16.5. The maximum Gasteiger partial charge on any atom is 0.270 e. The van der Waals surface area contributed by atoms with Crippen molar-refractivity contribution in [3.8, 4) is 0 Å². The number of carbonyl (C=O) groups is 1. The average Bonchev–Trinajstić information content (AvgIpc) is 2.94. The molecule has 0 N–H and O–H groups in total. The maximum atomic E-state index is 12.7. The summed E-state index contributed by atoms with van der Waals surface area (Å²) in [5.74, 6) is 0.0896. The van der Waals surface area contributed by atoms with E-state index in [9.17, 15) is 4.79 Å². The number of hydrogen-bond acceptors (Lipinski definition) is 2. The fourth-order valence-electron chi connectivity index (χ4n) is 2.81. The summed E-state index contributed by atoms with van der Waals surface area (Å²) < 4.78 is 7.45. The average molecular weight is 284 g/mol. The van der Waals surface area contributed by atoms with Crippen LogP contribution in [0, 0.1) is 0 Å². The Morgan fingerprint density at radius 2 is 2.05 bits per heavy atom. The number of carbonyl (C=O) groups excluding carboxylic acids is 1. The molecule has 1 fully saturated rings. The van der Waals surface area contributed by atoms with E-state index in [1.807, 2.05) is 53.0 Å². The number of rotatable bonds is 3. The molecule has 3 rings (SSSR count). The molecule has 2 aromatic rings. The Balaban J connectivity index is 1.78. The van der Waals surface area contributed by atoms with Crippen molar-refractivity contribution in [3.63, 3.8) is 0 Å². The second kappa shape index (κ2) is 6.14. The number of ether oxygens (including phenoxy) is 1. The van der Waals surface area contributed by atoms with Crippen molar-refractivity contribution in [3.05, 3.63) is 59.9 Å². The summed E-state index contributed by atoms with van der Waals surface area (Å²) >= 11 is 0. The van der Waals surface area contributed by atoms with E-state index in [4.69, 9.17) is 4.74 Å². The van der Waals surface area contributed by atoms with Crippen molar-refractivity contribution < 1.29 is 9.53 Å². The molecule has 0 spiro atoms. The maximum absolute atomic E-state index is 12.7. The lowest BCUT2D eigenvalue weighted by Crippen LogP contribution is -2.50. The lowest BCUT2D eigenvalue weighted by Gasteiger charge is -2.35. The van der Waals surface area contributed by atoms with Crippen LogP contribution in [0.1, 0.15) is 16.1 Å². The van der Waals surface area contributed by atoms with Gasteiger partial charge in [0.05, 0.1) is 19.3 Å². The standard InChI is InChI=1S/C17H20N2O2/c1-18-9-5-8-16(18)17(20)19-10-11-21-13-15(19)12-14-6-3-2-4-7-14/h2-9,15H,10-13H2,1H3/t15-/m0/s1. The molecule has 1 aliphatic heterocycles. The van der Waals surface area contributed by atoms with Gasteiger partial charge in [-0.15, -0.1) is 0 Å². The summed E-state index contributed by atoms with van der Waals surface area (Å²) in [6.45, 7) is 1.87. The molecule has 4 nitrogen and oxygen atoms in total. The van der Waals surface area contributed by atoms with E-state index in [0.29, 0.717) is 19.8 Å². The van der Waals surface area contributed by atoms with Crippen LogP contribution in [0.15, 0.2) is 48.7 Å². The normalized spacial score (nSPS) is 18.7. The fourth-order valence-corrected chi connectivity index (χ4v) is 2.81. The largest absolute Gasteiger partial charge is 0.377 e. The highest BCUT2D eigenvalue weighted by Crippen LogP contribution is 2.16. The van der Waals surface area contributed by atoms with E-state index in [-0.39, 0.29) is 11.9 Å². The second-order valence-corrected chi connectivity index (χ2v) is 5.42. The number of morpholine rings is 1. The van der Waals surface area contributed by atoms with Crippen molar-refractivity contribution in [2.75, 3.05) is 19.8 Å². The first-order valence-corrected chi connectivity index (χ1v) is 7.29. The molecular weight excluding hydrogens is 264 g/mol. The van der Waals surface area contributed by atoms with Crippen LogP contribution in [-0.4, -0.2) is 41.2 Å². The summed E-state index contributed by atoms with van der Waals surface area (Å²) in [6.07, 6.45) is 2.73. The van der Waals surface area contributed by atoms with Crippen LogP contribution in [0.25, 0.3) is 0 Å². The zero-order valence-corrected chi connectivity index (χ0v) is 12.2. The lowest BCUT2D eigenvalue weighted by atomic mass is 10.0. The number of aryl methyl sites for hydroxylation is 1. The minimum absolute atomic E-state index is 0.0896. The molecule has 1 amide bonds. The van der Waals surface area contributed by atoms with Crippen LogP contribution in [0.3, 0.4) is 0 Å². The predicted molar refractivity (Wildman–Crippen MR) is 81.2 cm³/mol. The first-order chi connectivity index (χ1) is 10.3. The molecule has 0 radical (unpaired) electrons. The molecule has 2 heterocycles. The van der Waals surface area contributed by atoms with Gasteiger partial charge in [-0.25, -0.2) is 0 Å². The smallest absolute Gasteiger partial charge is 0.270 e. The zero-order valence-electron chi connectivity index (χ0n) is 12.2. The molecule has 0 aliphatic carbocycles. The molecule has 1 aromatic carbocycles. The van der Waals surface area contributed by atoms with Crippen LogP contribution < -0.4 is 0 Å². The number of hydrogen-bond donors (Lipinski definition) is 0. The third kappa shape index (κ3) is 3.00. The molecule has 1 aliphatic rings. The number of amides is 1. The van der Waals surface area contributed by atoms with Crippen LogP contribution >= 0.6 is 0 Å². The Morgan fingerprint density at radius 3 is 2.76 bits per heavy atom. The topological polar surface area (TPSA) is 34.5 Å². The summed E-state index contributed by atoms with van der Waals surface area (Å²) in [4.78, 5) is 14.7. The first-order valence-electron chi connectivity index (χ1n) is 7.29. The first kappa shape index (κ1) is 13.9. The summed E-state index contributed by atoms with van der Waals surface area (Å²) in [6, 6.07) is 14.1. The third-order valence-electron chi connectivity index (χ3n) is 3.97. The Hall–Kier alpha value is -2.07. The van der Waals surface area contributed by atoms with Gasteiger partial charge < -0.3 is 14.2 Å². The highest BCUT2D eigenvalue weighted by molar-refractivity contribution is 5.93. The van der Waals surface area contributed by atoms with Gasteiger partial charge in [0.25, 0.3) is 5.91 Å². The summed E-state index contributed by atoms with van der Waals surface area (Å²) in [5, 5.41) is 0. The molecule has 1 saturated heterocycles. The molecule has 0 bridgehead atoms. The van der Waals surface area contributed by atoms with Crippen LogP contribution in [0.2, 0.25) is 0 Å². The third-order valence-corrected chi connectivity index (χ3v) is 3.97. The van der Waals surface area contributed by atoms with Gasteiger partial charge in [0.2, 0.25) is 0 Å². The van der Waals surface area contributed by atoms with Gasteiger partial charge in [0.15, 0.2) is 0 Å². The van der Waals surface area contributed by atoms with E-state index >= 15 is 0 Å². The van der Waals surface area contributed by atoms with E-state index in [2.05, 4.69) is 12.1 Å². The van der Waals surface area contributed by atoms with Gasteiger partial charge in [0.1, 0.15) is 5.69 Å². The Morgan fingerprint density at radius 1 is 1.24 bits per heavy atom. The van der Waals surface area contributed by atoms with Gasteiger partial charge in [-0.05, 0) is 24.1 Å². The van der Waals surface area contributed by atoms with Crippen molar-refractivity contribution in [1.29, 1.82) is 0 Å². The molecule has 110 valence electrons. The molecule has 21 heavy (non-hydrogen) atoms. The zero-order chi connectivity index (χ0) is 14.7. The van der Waals surface area contributed by atoms with Crippen molar-refractivity contribution in [1.82, 2.24) is 9.47 Å². The van der Waals surface area contributed by atoms with Gasteiger partial charge >= 0.3 is 0 Å². The molecule has 4 heteroatoms. The van der Waals surface area contributed by atoms with Crippen molar-refractivity contribution in [2.45, 2.75) is 12.5 Å². The highest BCUT2D eigenvalue weighted by Gasteiger charge is 2.29. The van der Waals surface area contributed by atoms with Crippen LogP contribution in [-0.2, 0) is 18.2 Å². The molecule has 1 aromatic heterocycles. The van der Waals surface area contributed by atoms with Gasteiger partial charge in [-0.2, -0.15) is 0 Å². The molecule has 0 unspecified atom stereocenters. The minimum atomic E-state index is 0.0896. The monoisotopic (exact) mass is 284 g/mol. The minimum Gasteiger partial charge on any atom is -0.377 e. The SMILES string of the molecule is Cn1cccc1C(=O)N1CCOC[C@@H]1Cc1ccccc1. The van der Waals surface area contributed by atoms with Crippen LogP contribution in [0.4, 0.5) is 0 Å².